The van der Waals surface area contributed by atoms with E-state index in [0.717, 1.165) is 34.4 Å². The van der Waals surface area contributed by atoms with E-state index in [9.17, 15) is 4.79 Å². The number of carbonyl (C=O) groups is 1. The summed E-state index contributed by atoms with van der Waals surface area (Å²) in [5, 5.41) is 8.67. The van der Waals surface area contributed by atoms with Gasteiger partial charge in [-0.1, -0.05) is 36.4 Å². The number of aryl methyl sites for hydroxylation is 1. The van der Waals surface area contributed by atoms with E-state index in [1.54, 1.807) is 0 Å². The highest BCUT2D eigenvalue weighted by molar-refractivity contribution is 6.06. The van der Waals surface area contributed by atoms with Gasteiger partial charge in [0.05, 0.1) is 17.4 Å². The summed E-state index contributed by atoms with van der Waals surface area (Å²) in [5.74, 6) is 0.0448. The first-order chi connectivity index (χ1) is 13.6. The molecule has 5 nitrogen and oxygen atoms in total. The molecular formula is C23H22N4O. The molecule has 0 fully saturated rings. The third-order valence-corrected chi connectivity index (χ3v) is 5.82. The summed E-state index contributed by atoms with van der Waals surface area (Å²) in [5.41, 5.74) is 6.70. The number of nitrogens with one attached hydrogen (secondary N) is 1. The zero-order valence-corrected chi connectivity index (χ0v) is 16.0. The van der Waals surface area contributed by atoms with Gasteiger partial charge >= 0.3 is 0 Å². The molecule has 1 aliphatic heterocycles. The molecule has 28 heavy (non-hydrogen) atoms. The molecule has 0 radical (unpaired) electrons. The number of aromatic nitrogens is 3. The lowest BCUT2D eigenvalue weighted by Gasteiger charge is -2.13. The Balaban J connectivity index is 1.72. The first-order valence-corrected chi connectivity index (χ1v) is 9.56. The Kier molecular flexibility index (Phi) is 3.83. The first-order valence-electron chi connectivity index (χ1n) is 9.56. The van der Waals surface area contributed by atoms with Crippen LogP contribution in [0.4, 0.5) is 5.69 Å². The van der Waals surface area contributed by atoms with Crippen LogP contribution in [0.5, 0.6) is 0 Å². The highest BCUT2D eigenvalue weighted by atomic mass is 16.1. The lowest BCUT2D eigenvalue weighted by atomic mass is 9.89. The fraction of sp³-hybridized carbons (Fsp3) is 0.217. The summed E-state index contributed by atoms with van der Waals surface area (Å²) >= 11 is 0. The summed E-state index contributed by atoms with van der Waals surface area (Å²) in [6.45, 7) is 2.86. The van der Waals surface area contributed by atoms with E-state index in [4.69, 9.17) is 0 Å². The number of rotatable bonds is 3. The van der Waals surface area contributed by atoms with Gasteiger partial charge in [0.25, 0.3) is 0 Å². The minimum Gasteiger partial charge on any atom is -0.343 e. The molecule has 1 aliphatic rings. The fourth-order valence-corrected chi connectivity index (χ4v) is 4.30. The van der Waals surface area contributed by atoms with Crippen LogP contribution in [0, 0.1) is 6.92 Å². The number of nitrogens with zero attached hydrogens (tertiary/aromatic N) is 3. The summed E-state index contributed by atoms with van der Waals surface area (Å²) in [7, 11) is 1.94. The molecular weight excluding hydrogens is 348 g/mol. The number of carbonyl (C=O) groups excluding carboxylic acids is 1. The van der Waals surface area contributed by atoms with Crippen LogP contribution in [0.25, 0.3) is 10.9 Å². The Hall–Kier alpha value is -3.34. The van der Waals surface area contributed by atoms with E-state index in [1.807, 2.05) is 36.1 Å². The summed E-state index contributed by atoms with van der Waals surface area (Å²) in [6.07, 6.45) is 4.55. The van der Waals surface area contributed by atoms with Crippen molar-refractivity contribution in [2.45, 2.75) is 25.8 Å². The second-order valence-electron chi connectivity index (χ2n) is 7.51. The van der Waals surface area contributed by atoms with Gasteiger partial charge in [-0.2, -0.15) is 5.10 Å². The third-order valence-electron chi connectivity index (χ3n) is 5.82. The van der Waals surface area contributed by atoms with Crippen LogP contribution in [0.2, 0.25) is 0 Å². The van der Waals surface area contributed by atoms with Crippen molar-refractivity contribution in [2.24, 2.45) is 7.05 Å². The molecule has 1 amide bonds. The quantitative estimate of drug-likeness (QED) is 0.587. The van der Waals surface area contributed by atoms with Crippen LogP contribution in [0.15, 0.2) is 60.9 Å². The highest BCUT2D eigenvalue weighted by Crippen LogP contribution is 2.41. The fourth-order valence-electron chi connectivity index (χ4n) is 4.30. The van der Waals surface area contributed by atoms with Gasteiger partial charge < -0.3 is 9.88 Å². The second-order valence-corrected chi connectivity index (χ2v) is 7.51. The average Bonchev–Trinajstić information content (AvgIpc) is 3.18. The zero-order valence-electron chi connectivity index (χ0n) is 16.0. The van der Waals surface area contributed by atoms with Gasteiger partial charge in [-0.25, -0.2) is 0 Å². The number of benzene rings is 2. The Morgan fingerprint density at radius 2 is 1.93 bits per heavy atom. The van der Waals surface area contributed by atoms with Crippen molar-refractivity contribution in [1.82, 2.24) is 14.3 Å². The van der Waals surface area contributed by atoms with E-state index < -0.39 is 0 Å². The van der Waals surface area contributed by atoms with Gasteiger partial charge in [0.15, 0.2) is 0 Å². The van der Waals surface area contributed by atoms with Gasteiger partial charge in [-0.05, 0) is 30.2 Å². The molecule has 1 unspecified atom stereocenters. The number of hydrogen-bond donors (Lipinski definition) is 1. The molecule has 2 aromatic heterocycles. The van der Waals surface area contributed by atoms with Crippen molar-refractivity contribution in [1.29, 1.82) is 0 Å². The van der Waals surface area contributed by atoms with Gasteiger partial charge in [0.2, 0.25) is 5.91 Å². The van der Waals surface area contributed by atoms with E-state index in [-0.39, 0.29) is 11.8 Å². The summed E-state index contributed by atoms with van der Waals surface area (Å²) < 4.78 is 4.17. The molecule has 2 aromatic carbocycles. The molecule has 4 aromatic rings. The number of anilines is 1. The monoisotopic (exact) mass is 370 g/mol. The van der Waals surface area contributed by atoms with Crippen LogP contribution >= 0.6 is 0 Å². The topological polar surface area (TPSA) is 51.9 Å². The molecule has 0 saturated carbocycles. The predicted octanol–water partition coefficient (Wildman–Crippen LogP) is 4.21. The molecule has 5 rings (SSSR count). The Bertz CT molecular complexity index is 1190. The van der Waals surface area contributed by atoms with Crippen LogP contribution in [-0.4, -0.2) is 20.3 Å². The molecule has 1 atom stereocenters. The standard InChI is InChI=1S/C23H22N4O/c1-15-18(12-24-26(15)2)17-11-22(28)25-20-9-6-10-21-23(20)19(17)14-27(21)13-16-7-4-3-5-8-16/h3-10,12,14,17H,11,13H2,1-2H3,(H,25,28). The van der Waals surface area contributed by atoms with E-state index in [2.05, 4.69) is 58.4 Å². The van der Waals surface area contributed by atoms with Crippen molar-refractivity contribution >= 4 is 22.5 Å². The molecule has 0 spiro atoms. The minimum atomic E-state index is -0.00290. The van der Waals surface area contributed by atoms with Crippen LogP contribution < -0.4 is 5.32 Å². The summed E-state index contributed by atoms with van der Waals surface area (Å²) in [4.78, 5) is 12.6. The maximum absolute atomic E-state index is 12.6. The minimum absolute atomic E-state index is 0.00290. The largest absolute Gasteiger partial charge is 0.343 e. The van der Waals surface area contributed by atoms with Crippen LogP contribution in [0.1, 0.15) is 34.7 Å². The molecule has 3 heterocycles. The Morgan fingerprint density at radius 1 is 1.11 bits per heavy atom. The lowest BCUT2D eigenvalue weighted by Crippen LogP contribution is -2.14. The molecule has 0 saturated heterocycles. The smallest absolute Gasteiger partial charge is 0.225 e. The zero-order chi connectivity index (χ0) is 19.3. The van der Waals surface area contributed by atoms with Crippen molar-refractivity contribution in [3.8, 4) is 0 Å². The van der Waals surface area contributed by atoms with Gasteiger partial charge in [-0.15, -0.1) is 0 Å². The third kappa shape index (κ3) is 2.62. The van der Waals surface area contributed by atoms with Gasteiger partial charge in [-0.3, -0.25) is 9.48 Å². The Morgan fingerprint density at radius 3 is 2.68 bits per heavy atom. The van der Waals surface area contributed by atoms with Crippen LogP contribution in [0.3, 0.4) is 0 Å². The average molecular weight is 370 g/mol. The second kappa shape index (κ2) is 6.37. The normalized spacial score (nSPS) is 16.2. The van der Waals surface area contributed by atoms with Gasteiger partial charge in [0, 0.05) is 48.8 Å². The SMILES string of the molecule is Cc1c(C2CC(=O)Nc3cccc4c3c2cn4Cc2ccccc2)cnn1C. The first kappa shape index (κ1) is 16.8. The maximum Gasteiger partial charge on any atom is 0.225 e. The predicted molar refractivity (Wildman–Crippen MR) is 111 cm³/mol. The molecule has 140 valence electrons. The molecule has 5 heteroatoms. The molecule has 0 bridgehead atoms. The highest BCUT2D eigenvalue weighted by Gasteiger charge is 2.29. The van der Waals surface area contributed by atoms with Crippen molar-refractivity contribution in [3.63, 3.8) is 0 Å². The van der Waals surface area contributed by atoms with E-state index in [1.165, 1.54) is 11.1 Å². The number of hydrogen-bond acceptors (Lipinski definition) is 2. The van der Waals surface area contributed by atoms with Crippen molar-refractivity contribution < 1.29 is 4.79 Å². The van der Waals surface area contributed by atoms with Crippen molar-refractivity contribution in [2.75, 3.05) is 5.32 Å². The lowest BCUT2D eigenvalue weighted by molar-refractivity contribution is -0.116. The molecule has 1 N–H and O–H groups in total. The van der Waals surface area contributed by atoms with Gasteiger partial charge in [0.1, 0.15) is 0 Å². The number of amides is 1. The molecule has 0 aliphatic carbocycles. The van der Waals surface area contributed by atoms with E-state index >= 15 is 0 Å². The maximum atomic E-state index is 12.6. The summed E-state index contributed by atoms with van der Waals surface area (Å²) in [6, 6.07) is 16.6. The van der Waals surface area contributed by atoms with Crippen LogP contribution in [-0.2, 0) is 18.4 Å². The van der Waals surface area contributed by atoms with E-state index in [0.29, 0.717) is 6.42 Å². The van der Waals surface area contributed by atoms with Crippen molar-refractivity contribution in [3.05, 3.63) is 83.3 Å². The Labute approximate surface area is 163 Å².